The molecule has 0 bridgehead atoms. The molecule has 0 aromatic carbocycles. The Morgan fingerprint density at radius 2 is 2.37 bits per heavy atom. The Labute approximate surface area is 123 Å². The molecule has 0 aliphatic heterocycles. The van der Waals surface area contributed by atoms with E-state index in [2.05, 4.69) is 21.5 Å². The number of aromatic nitrogens is 3. The largest absolute Gasteiger partial charge is 0.329 e. The van der Waals surface area contributed by atoms with Gasteiger partial charge in [0.25, 0.3) is 0 Å². The molecule has 2 aromatic heterocycles. The van der Waals surface area contributed by atoms with Gasteiger partial charge < -0.3 is 9.55 Å². The number of hydrogen-bond acceptors (Lipinski definition) is 2. The molecule has 1 aliphatic rings. The minimum absolute atomic E-state index is 0.641. The lowest BCUT2D eigenvalue weighted by atomic mass is 9.82. The molecular weight excluding hydrogens is 278 g/mol. The van der Waals surface area contributed by atoms with E-state index in [1.807, 2.05) is 6.07 Å². The van der Waals surface area contributed by atoms with E-state index in [0.29, 0.717) is 10.9 Å². The second kappa shape index (κ2) is 5.25. The summed E-state index contributed by atoms with van der Waals surface area (Å²) in [6.07, 6.45) is 6.98. The summed E-state index contributed by atoms with van der Waals surface area (Å²) in [5.41, 5.74) is 1.86. The van der Waals surface area contributed by atoms with Crippen LogP contribution in [0.15, 0.2) is 12.3 Å². The summed E-state index contributed by atoms with van der Waals surface area (Å²) in [4.78, 5) is 7.62. The van der Waals surface area contributed by atoms with Crippen LogP contribution in [0, 0.1) is 16.6 Å². The molecule has 1 aliphatic carbocycles. The summed E-state index contributed by atoms with van der Waals surface area (Å²) in [5, 5.41) is 0.641. The standard InChI is InChI=1S/C14H18ClN3S/c1-9-3-2-4-10(5-9)8-18-13-12(17-14(18)19)6-11(15)7-16-13/h6-7,9-10H,2-5,8H2,1H3,(H,17,19). The summed E-state index contributed by atoms with van der Waals surface area (Å²) in [5.74, 6) is 1.55. The van der Waals surface area contributed by atoms with Gasteiger partial charge in [-0.05, 0) is 43.0 Å². The number of fused-ring (bicyclic) bond motifs is 1. The fourth-order valence-corrected chi connectivity index (χ4v) is 3.60. The first kappa shape index (κ1) is 13.1. The lowest BCUT2D eigenvalue weighted by Crippen LogP contribution is -2.18. The molecule has 2 unspecified atom stereocenters. The van der Waals surface area contributed by atoms with E-state index in [-0.39, 0.29) is 0 Å². The first-order chi connectivity index (χ1) is 9.13. The molecule has 2 heterocycles. The number of pyridine rings is 1. The zero-order valence-electron chi connectivity index (χ0n) is 11.0. The first-order valence-electron chi connectivity index (χ1n) is 6.87. The second-order valence-electron chi connectivity index (χ2n) is 5.70. The third-order valence-corrected chi connectivity index (χ3v) is 4.59. The van der Waals surface area contributed by atoms with Gasteiger partial charge in [-0.2, -0.15) is 0 Å². The quantitative estimate of drug-likeness (QED) is 0.823. The lowest BCUT2D eigenvalue weighted by Gasteiger charge is -2.26. The monoisotopic (exact) mass is 295 g/mol. The smallest absolute Gasteiger partial charge is 0.179 e. The van der Waals surface area contributed by atoms with Gasteiger partial charge in [-0.3, -0.25) is 0 Å². The number of aromatic amines is 1. The Balaban J connectivity index is 1.92. The third kappa shape index (κ3) is 2.70. The average Bonchev–Trinajstić information content (AvgIpc) is 2.65. The van der Waals surface area contributed by atoms with E-state index in [1.165, 1.54) is 25.7 Å². The molecule has 102 valence electrons. The van der Waals surface area contributed by atoms with Crippen LogP contribution in [0.4, 0.5) is 0 Å². The molecule has 1 saturated carbocycles. The van der Waals surface area contributed by atoms with Gasteiger partial charge in [-0.25, -0.2) is 4.98 Å². The van der Waals surface area contributed by atoms with Gasteiger partial charge in [0.15, 0.2) is 10.4 Å². The Kier molecular flexibility index (Phi) is 3.63. The summed E-state index contributed by atoms with van der Waals surface area (Å²) in [6.45, 7) is 3.32. The van der Waals surface area contributed by atoms with Crippen molar-refractivity contribution in [3.8, 4) is 0 Å². The highest BCUT2D eigenvalue weighted by molar-refractivity contribution is 7.71. The summed E-state index contributed by atoms with van der Waals surface area (Å²) >= 11 is 11.4. The van der Waals surface area contributed by atoms with Crippen molar-refractivity contribution in [3.63, 3.8) is 0 Å². The van der Waals surface area contributed by atoms with E-state index in [9.17, 15) is 0 Å². The Morgan fingerprint density at radius 3 is 3.16 bits per heavy atom. The van der Waals surface area contributed by atoms with E-state index in [4.69, 9.17) is 23.8 Å². The van der Waals surface area contributed by atoms with Crippen LogP contribution in [-0.2, 0) is 6.54 Å². The molecule has 19 heavy (non-hydrogen) atoms. The van der Waals surface area contributed by atoms with Crippen LogP contribution in [0.2, 0.25) is 5.02 Å². The number of halogens is 1. The van der Waals surface area contributed by atoms with Gasteiger partial charge in [0.2, 0.25) is 0 Å². The molecule has 2 atom stereocenters. The summed E-state index contributed by atoms with van der Waals surface area (Å²) < 4.78 is 2.88. The fraction of sp³-hybridized carbons (Fsp3) is 0.571. The number of nitrogens with one attached hydrogen (secondary N) is 1. The molecule has 3 nitrogen and oxygen atoms in total. The van der Waals surface area contributed by atoms with E-state index in [1.54, 1.807) is 6.20 Å². The maximum atomic E-state index is 5.97. The lowest BCUT2D eigenvalue weighted by molar-refractivity contribution is 0.258. The Morgan fingerprint density at radius 1 is 1.53 bits per heavy atom. The van der Waals surface area contributed by atoms with Crippen molar-refractivity contribution in [2.45, 2.75) is 39.2 Å². The molecule has 0 spiro atoms. The summed E-state index contributed by atoms with van der Waals surface area (Å²) in [6, 6.07) is 1.89. The highest BCUT2D eigenvalue weighted by Crippen LogP contribution is 2.30. The van der Waals surface area contributed by atoms with Gasteiger partial charge >= 0.3 is 0 Å². The van der Waals surface area contributed by atoms with Crippen molar-refractivity contribution in [1.29, 1.82) is 0 Å². The van der Waals surface area contributed by atoms with Crippen molar-refractivity contribution in [2.24, 2.45) is 11.8 Å². The van der Waals surface area contributed by atoms with Crippen molar-refractivity contribution >= 4 is 35.0 Å². The van der Waals surface area contributed by atoms with Crippen LogP contribution in [-0.4, -0.2) is 14.5 Å². The molecule has 0 amide bonds. The van der Waals surface area contributed by atoms with E-state index < -0.39 is 0 Å². The van der Waals surface area contributed by atoms with E-state index >= 15 is 0 Å². The van der Waals surface area contributed by atoms with Gasteiger partial charge in [-0.15, -0.1) is 0 Å². The minimum Gasteiger partial charge on any atom is -0.329 e. The molecular formula is C14H18ClN3S. The molecule has 3 rings (SSSR count). The zero-order valence-corrected chi connectivity index (χ0v) is 12.6. The first-order valence-corrected chi connectivity index (χ1v) is 7.66. The highest BCUT2D eigenvalue weighted by atomic mass is 35.5. The van der Waals surface area contributed by atoms with Crippen LogP contribution >= 0.6 is 23.8 Å². The van der Waals surface area contributed by atoms with Crippen LogP contribution in [0.25, 0.3) is 11.2 Å². The van der Waals surface area contributed by atoms with Crippen molar-refractivity contribution in [2.75, 3.05) is 0 Å². The average molecular weight is 296 g/mol. The molecule has 1 N–H and O–H groups in total. The minimum atomic E-state index is 0.641. The number of imidazole rings is 1. The maximum Gasteiger partial charge on any atom is 0.179 e. The van der Waals surface area contributed by atoms with Gasteiger partial charge in [0.1, 0.15) is 0 Å². The van der Waals surface area contributed by atoms with Gasteiger partial charge in [-0.1, -0.05) is 31.4 Å². The molecule has 0 saturated heterocycles. The molecule has 0 radical (unpaired) electrons. The Hall–Kier alpha value is -0.870. The molecule has 2 aromatic rings. The van der Waals surface area contributed by atoms with Gasteiger partial charge in [0, 0.05) is 12.7 Å². The van der Waals surface area contributed by atoms with E-state index in [0.717, 1.165) is 28.4 Å². The maximum absolute atomic E-state index is 5.97. The topological polar surface area (TPSA) is 33.6 Å². The number of H-pyrrole nitrogens is 1. The zero-order chi connectivity index (χ0) is 13.4. The van der Waals surface area contributed by atoms with Crippen molar-refractivity contribution in [1.82, 2.24) is 14.5 Å². The molecule has 1 fully saturated rings. The predicted molar refractivity (Wildman–Crippen MR) is 81.0 cm³/mol. The van der Waals surface area contributed by atoms with Gasteiger partial charge in [0.05, 0.1) is 10.5 Å². The summed E-state index contributed by atoms with van der Waals surface area (Å²) in [7, 11) is 0. The SMILES string of the molecule is CC1CCCC(Cn2c(=S)[nH]c3cc(Cl)cnc32)C1. The highest BCUT2D eigenvalue weighted by Gasteiger charge is 2.20. The van der Waals surface area contributed by atoms with Crippen LogP contribution in [0.3, 0.4) is 0 Å². The van der Waals surface area contributed by atoms with Crippen molar-refractivity contribution in [3.05, 3.63) is 22.1 Å². The predicted octanol–water partition coefficient (Wildman–Crippen LogP) is 4.57. The Bertz CT molecular complexity index is 646. The van der Waals surface area contributed by atoms with Crippen LogP contribution < -0.4 is 0 Å². The number of hydrogen-bond donors (Lipinski definition) is 1. The second-order valence-corrected chi connectivity index (χ2v) is 6.53. The molecule has 5 heteroatoms. The van der Waals surface area contributed by atoms with Crippen molar-refractivity contribution < 1.29 is 0 Å². The third-order valence-electron chi connectivity index (χ3n) is 4.06. The number of rotatable bonds is 2. The fourth-order valence-electron chi connectivity index (χ4n) is 3.17. The van der Waals surface area contributed by atoms with Crippen LogP contribution in [0.1, 0.15) is 32.6 Å². The normalized spacial score (nSPS) is 23.9. The number of nitrogens with zero attached hydrogens (tertiary/aromatic N) is 2. The van der Waals surface area contributed by atoms with Crippen LogP contribution in [0.5, 0.6) is 0 Å².